The number of rotatable bonds is 7. The molecule has 1 amide bonds. The number of carboxylic acids is 1. The number of aryl methyl sites for hydroxylation is 1. The molecule has 1 rings (SSSR count). The molecule has 1 aromatic heterocycles. The second-order valence-electron chi connectivity index (χ2n) is 5.62. The van der Waals surface area contributed by atoms with Crippen LogP contribution in [-0.4, -0.2) is 28.5 Å². The molecule has 0 radical (unpaired) electrons. The zero-order valence-corrected chi connectivity index (χ0v) is 13.3. The lowest BCUT2D eigenvalue weighted by Gasteiger charge is -2.17. The van der Waals surface area contributed by atoms with Gasteiger partial charge in [-0.2, -0.15) is 0 Å². The number of carbonyl (C=O) groups excluding carboxylic acids is 1. The molecule has 0 fully saturated rings. The molecule has 0 spiro atoms. The van der Waals surface area contributed by atoms with Crippen molar-refractivity contribution in [3.8, 4) is 0 Å². The Labute approximate surface area is 129 Å². The summed E-state index contributed by atoms with van der Waals surface area (Å²) < 4.78 is 0. The first-order valence-corrected chi connectivity index (χ1v) is 7.30. The minimum atomic E-state index is -0.849. The van der Waals surface area contributed by atoms with E-state index >= 15 is 0 Å². The molecular weight excluding hydrogens is 292 g/mol. The third-order valence-corrected chi connectivity index (χ3v) is 3.20. The van der Waals surface area contributed by atoms with E-state index in [-0.39, 0.29) is 23.4 Å². The third kappa shape index (κ3) is 6.58. The summed E-state index contributed by atoms with van der Waals surface area (Å²) in [6.45, 7) is 6.16. The van der Waals surface area contributed by atoms with E-state index in [4.69, 9.17) is 16.7 Å². The van der Waals surface area contributed by atoms with Crippen LogP contribution in [-0.2, 0) is 4.79 Å². The Bertz CT molecular complexity index is 497. The number of amides is 1. The molecule has 0 aliphatic carbocycles. The van der Waals surface area contributed by atoms with Crippen molar-refractivity contribution in [2.45, 2.75) is 33.6 Å². The third-order valence-electron chi connectivity index (χ3n) is 3.00. The van der Waals surface area contributed by atoms with E-state index in [1.165, 1.54) is 6.07 Å². The van der Waals surface area contributed by atoms with Gasteiger partial charge in [0.1, 0.15) is 5.15 Å². The summed E-state index contributed by atoms with van der Waals surface area (Å²) in [6, 6.07) is 3.15. The van der Waals surface area contributed by atoms with Crippen LogP contribution >= 0.6 is 11.6 Å². The van der Waals surface area contributed by atoms with Gasteiger partial charge in [-0.1, -0.05) is 25.4 Å². The highest BCUT2D eigenvalue weighted by Crippen LogP contribution is 2.15. The van der Waals surface area contributed by atoms with Crippen LogP contribution < -0.4 is 5.32 Å². The van der Waals surface area contributed by atoms with E-state index in [2.05, 4.69) is 10.3 Å². The Kier molecular flexibility index (Phi) is 6.62. The van der Waals surface area contributed by atoms with Gasteiger partial charge in [-0.3, -0.25) is 9.59 Å². The van der Waals surface area contributed by atoms with Gasteiger partial charge >= 0.3 is 5.97 Å². The maximum Gasteiger partial charge on any atom is 0.303 e. The van der Waals surface area contributed by atoms with E-state index in [0.717, 1.165) is 6.42 Å². The van der Waals surface area contributed by atoms with Crippen LogP contribution in [0.4, 0.5) is 0 Å². The van der Waals surface area contributed by atoms with E-state index in [9.17, 15) is 9.59 Å². The van der Waals surface area contributed by atoms with Crippen molar-refractivity contribution in [1.82, 2.24) is 10.3 Å². The molecule has 21 heavy (non-hydrogen) atoms. The molecule has 6 heteroatoms. The van der Waals surface area contributed by atoms with Crippen molar-refractivity contribution >= 4 is 23.5 Å². The highest BCUT2D eigenvalue weighted by molar-refractivity contribution is 6.29. The fourth-order valence-corrected chi connectivity index (χ4v) is 2.50. The minimum absolute atomic E-state index is 0.0502. The second kappa shape index (κ2) is 7.98. The summed E-state index contributed by atoms with van der Waals surface area (Å²) in [7, 11) is 0. The molecule has 5 nitrogen and oxygen atoms in total. The number of aromatic nitrogens is 1. The molecule has 0 saturated heterocycles. The molecule has 116 valence electrons. The first-order valence-electron chi connectivity index (χ1n) is 6.92. The van der Waals surface area contributed by atoms with Crippen molar-refractivity contribution < 1.29 is 14.7 Å². The maximum absolute atomic E-state index is 12.1. The standard InChI is InChI=1S/C15H21ClN2O3/c1-9(2)4-11(6-14(19)20)8-17-15(21)12-5-10(3)18-13(16)7-12/h5,7,9,11H,4,6,8H2,1-3H3,(H,17,21)(H,19,20). The average Bonchev–Trinajstić information content (AvgIpc) is 2.32. The number of hydrogen-bond acceptors (Lipinski definition) is 3. The molecule has 0 aromatic carbocycles. The summed E-state index contributed by atoms with van der Waals surface area (Å²) in [5.41, 5.74) is 1.10. The maximum atomic E-state index is 12.1. The second-order valence-corrected chi connectivity index (χ2v) is 6.01. The van der Waals surface area contributed by atoms with Gasteiger partial charge in [0.05, 0.1) is 0 Å². The molecule has 2 N–H and O–H groups in total. The summed E-state index contributed by atoms with van der Waals surface area (Å²) >= 11 is 5.83. The largest absolute Gasteiger partial charge is 0.481 e. The van der Waals surface area contributed by atoms with Crippen LogP contribution in [0.1, 0.15) is 42.7 Å². The lowest BCUT2D eigenvalue weighted by molar-refractivity contribution is -0.138. The van der Waals surface area contributed by atoms with Crippen molar-refractivity contribution in [3.05, 3.63) is 28.5 Å². The monoisotopic (exact) mass is 312 g/mol. The van der Waals surface area contributed by atoms with Crippen LogP contribution in [0.3, 0.4) is 0 Å². The Morgan fingerprint density at radius 1 is 1.38 bits per heavy atom. The fourth-order valence-electron chi connectivity index (χ4n) is 2.25. The lowest BCUT2D eigenvalue weighted by Crippen LogP contribution is -2.31. The van der Waals surface area contributed by atoms with Crippen LogP contribution in [0.5, 0.6) is 0 Å². The first-order chi connectivity index (χ1) is 9.77. The Morgan fingerprint density at radius 2 is 2.05 bits per heavy atom. The molecule has 0 aliphatic rings. The first kappa shape index (κ1) is 17.4. The van der Waals surface area contributed by atoms with Gasteiger partial charge < -0.3 is 10.4 Å². The number of nitrogens with zero attached hydrogens (tertiary/aromatic N) is 1. The van der Waals surface area contributed by atoms with Crippen molar-refractivity contribution in [2.24, 2.45) is 11.8 Å². The van der Waals surface area contributed by atoms with Gasteiger partial charge in [0, 0.05) is 24.2 Å². The predicted octanol–water partition coefficient (Wildman–Crippen LogP) is 2.91. The van der Waals surface area contributed by atoms with Gasteiger partial charge in [0.15, 0.2) is 0 Å². The number of carboxylic acid groups (broad SMARTS) is 1. The number of hydrogen-bond donors (Lipinski definition) is 2. The molecule has 1 unspecified atom stereocenters. The number of halogens is 1. The van der Waals surface area contributed by atoms with E-state index < -0.39 is 5.97 Å². The van der Waals surface area contributed by atoms with Crippen molar-refractivity contribution in [3.63, 3.8) is 0 Å². The predicted molar refractivity (Wildman–Crippen MR) is 81.5 cm³/mol. The van der Waals surface area contributed by atoms with Crippen LogP contribution in [0.25, 0.3) is 0 Å². The molecular formula is C15H21ClN2O3. The fraction of sp³-hybridized carbons (Fsp3) is 0.533. The molecule has 0 aliphatic heterocycles. The highest BCUT2D eigenvalue weighted by atomic mass is 35.5. The molecule has 1 aromatic rings. The number of aliphatic carboxylic acids is 1. The topological polar surface area (TPSA) is 79.3 Å². The van der Waals surface area contributed by atoms with Gasteiger partial charge in [-0.25, -0.2) is 4.98 Å². The smallest absolute Gasteiger partial charge is 0.303 e. The number of pyridine rings is 1. The van der Waals surface area contributed by atoms with Crippen LogP contribution in [0.15, 0.2) is 12.1 Å². The number of carbonyl (C=O) groups is 2. The SMILES string of the molecule is Cc1cc(C(=O)NCC(CC(=O)O)CC(C)C)cc(Cl)n1. The summed E-state index contributed by atoms with van der Waals surface area (Å²) in [4.78, 5) is 26.9. The Morgan fingerprint density at radius 3 is 2.57 bits per heavy atom. The molecule has 0 bridgehead atoms. The molecule has 0 saturated carbocycles. The van der Waals surface area contributed by atoms with Crippen LogP contribution in [0.2, 0.25) is 5.15 Å². The van der Waals surface area contributed by atoms with Crippen LogP contribution in [0, 0.1) is 18.8 Å². The zero-order valence-electron chi connectivity index (χ0n) is 12.5. The normalized spacial score (nSPS) is 12.2. The highest BCUT2D eigenvalue weighted by Gasteiger charge is 2.17. The quantitative estimate of drug-likeness (QED) is 0.759. The summed E-state index contributed by atoms with van der Waals surface area (Å²) in [5.74, 6) is -0.812. The Hall–Kier alpha value is -1.62. The van der Waals surface area contributed by atoms with Gasteiger partial charge in [-0.15, -0.1) is 0 Å². The molecule has 1 heterocycles. The minimum Gasteiger partial charge on any atom is -0.481 e. The zero-order chi connectivity index (χ0) is 16.0. The number of nitrogens with one attached hydrogen (secondary N) is 1. The van der Waals surface area contributed by atoms with Gasteiger partial charge in [-0.05, 0) is 37.3 Å². The molecule has 1 atom stereocenters. The van der Waals surface area contributed by atoms with Gasteiger partial charge in [0.2, 0.25) is 0 Å². The van der Waals surface area contributed by atoms with E-state index in [0.29, 0.717) is 23.7 Å². The van der Waals surface area contributed by atoms with Crippen molar-refractivity contribution in [2.75, 3.05) is 6.54 Å². The lowest BCUT2D eigenvalue weighted by atomic mass is 9.94. The average molecular weight is 313 g/mol. The Balaban J connectivity index is 2.65. The summed E-state index contributed by atoms with van der Waals surface area (Å²) in [6.07, 6.45) is 0.803. The van der Waals surface area contributed by atoms with Crippen molar-refractivity contribution in [1.29, 1.82) is 0 Å². The van der Waals surface area contributed by atoms with E-state index in [1.54, 1.807) is 13.0 Å². The van der Waals surface area contributed by atoms with E-state index in [1.807, 2.05) is 13.8 Å². The van der Waals surface area contributed by atoms with Gasteiger partial charge in [0.25, 0.3) is 5.91 Å². The summed E-state index contributed by atoms with van der Waals surface area (Å²) in [5, 5.41) is 12.0.